The van der Waals surface area contributed by atoms with Crippen molar-refractivity contribution in [2.45, 2.75) is 12.8 Å². The Morgan fingerprint density at radius 3 is 2.95 bits per heavy atom. The Bertz CT molecular complexity index is 595. The number of halogens is 2. The molecule has 0 aliphatic heterocycles. The second-order valence-corrected chi connectivity index (χ2v) is 4.72. The lowest BCUT2D eigenvalue weighted by Crippen LogP contribution is -2.01. The fourth-order valence-corrected chi connectivity index (χ4v) is 2.05. The number of hydrogen-bond donors (Lipinski definition) is 0. The Labute approximate surface area is 120 Å². The van der Waals surface area contributed by atoms with Gasteiger partial charge in [-0.15, -0.1) is 0 Å². The number of esters is 1. The molecule has 0 aliphatic rings. The van der Waals surface area contributed by atoms with E-state index in [9.17, 15) is 4.79 Å². The molecular formula is C13H11Cl2NO3. The van der Waals surface area contributed by atoms with Gasteiger partial charge in [0.25, 0.3) is 0 Å². The van der Waals surface area contributed by atoms with Gasteiger partial charge in [0.15, 0.2) is 5.76 Å². The normalized spacial score (nSPS) is 10.5. The second kappa shape index (κ2) is 6.08. The molecule has 4 nitrogen and oxygen atoms in total. The Morgan fingerprint density at radius 1 is 1.42 bits per heavy atom. The van der Waals surface area contributed by atoms with E-state index in [4.69, 9.17) is 27.7 Å². The van der Waals surface area contributed by atoms with Crippen LogP contribution in [0.3, 0.4) is 0 Å². The van der Waals surface area contributed by atoms with Crippen LogP contribution in [0, 0.1) is 0 Å². The second-order valence-electron chi connectivity index (χ2n) is 3.88. The number of carbonyl (C=O) groups is 1. The maximum absolute atomic E-state index is 11.2. The number of ether oxygens (including phenoxy) is 1. The molecule has 0 bridgehead atoms. The van der Waals surface area contributed by atoms with E-state index in [2.05, 4.69) is 9.89 Å². The lowest BCUT2D eigenvalue weighted by Gasteiger charge is -2.04. The summed E-state index contributed by atoms with van der Waals surface area (Å²) in [5.41, 5.74) is 1.45. The smallest absolute Gasteiger partial charge is 0.305 e. The van der Waals surface area contributed by atoms with Gasteiger partial charge in [0, 0.05) is 22.6 Å². The monoisotopic (exact) mass is 299 g/mol. The molecule has 0 spiro atoms. The van der Waals surface area contributed by atoms with Crippen LogP contribution in [-0.4, -0.2) is 18.2 Å². The SMILES string of the molecule is COC(=O)CCc1cnoc1-c1cc(Cl)ccc1Cl. The fourth-order valence-electron chi connectivity index (χ4n) is 1.67. The molecule has 0 radical (unpaired) electrons. The van der Waals surface area contributed by atoms with Gasteiger partial charge in [-0.25, -0.2) is 0 Å². The van der Waals surface area contributed by atoms with Gasteiger partial charge in [0.2, 0.25) is 0 Å². The summed E-state index contributed by atoms with van der Waals surface area (Å²) in [7, 11) is 1.35. The van der Waals surface area contributed by atoms with E-state index < -0.39 is 0 Å². The predicted octanol–water partition coefficient (Wildman–Crippen LogP) is 3.75. The average molecular weight is 300 g/mol. The van der Waals surface area contributed by atoms with Crippen LogP contribution in [0.1, 0.15) is 12.0 Å². The maximum Gasteiger partial charge on any atom is 0.305 e. The van der Waals surface area contributed by atoms with E-state index in [1.807, 2.05) is 0 Å². The van der Waals surface area contributed by atoms with Crippen LogP contribution in [0.4, 0.5) is 0 Å². The number of benzene rings is 1. The van der Waals surface area contributed by atoms with Crippen LogP contribution in [-0.2, 0) is 16.0 Å². The minimum atomic E-state index is -0.288. The summed E-state index contributed by atoms with van der Waals surface area (Å²) in [6.45, 7) is 0. The summed E-state index contributed by atoms with van der Waals surface area (Å²) >= 11 is 12.1. The van der Waals surface area contributed by atoms with Gasteiger partial charge < -0.3 is 9.26 Å². The Morgan fingerprint density at radius 2 is 2.21 bits per heavy atom. The van der Waals surface area contributed by atoms with Crippen molar-refractivity contribution in [1.82, 2.24) is 5.16 Å². The lowest BCUT2D eigenvalue weighted by atomic mass is 10.1. The number of carbonyl (C=O) groups excluding carboxylic acids is 1. The molecule has 19 heavy (non-hydrogen) atoms. The van der Waals surface area contributed by atoms with E-state index >= 15 is 0 Å². The molecule has 0 amide bonds. The third-order valence-corrected chi connectivity index (χ3v) is 3.21. The first-order chi connectivity index (χ1) is 9.11. The summed E-state index contributed by atoms with van der Waals surface area (Å²) in [6, 6.07) is 5.08. The topological polar surface area (TPSA) is 52.3 Å². The summed E-state index contributed by atoms with van der Waals surface area (Å²) in [4.78, 5) is 11.2. The zero-order chi connectivity index (χ0) is 13.8. The minimum Gasteiger partial charge on any atom is -0.469 e. The van der Waals surface area contributed by atoms with Crippen molar-refractivity contribution in [1.29, 1.82) is 0 Å². The first-order valence-corrected chi connectivity index (χ1v) is 6.33. The van der Waals surface area contributed by atoms with Crippen LogP contribution in [0.5, 0.6) is 0 Å². The Kier molecular flexibility index (Phi) is 4.45. The van der Waals surface area contributed by atoms with Gasteiger partial charge in [-0.05, 0) is 24.6 Å². The molecule has 1 heterocycles. The van der Waals surface area contributed by atoms with E-state index in [-0.39, 0.29) is 12.4 Å². The van der Waals surface area contributed by atoms with Crippen molar-refractivity contribution in [3.05, 3.63) is 40.0 Å². The van der Waals surface area contributed by atoms with Crippen LogP contribution < -0.4 is 0 Å². The summed E-state index contributed by atoms with van der Waals surface area (Å²) in [6.07, 6.45) is 2.28. The molecule has 0 saturated heterocycles. The third-order valence-electron chi connectivity index (χ3n) is 2.64. The quantitative estimate of drug-likeness (QED) is 0.807. The maximum atomic E-state index is 11.2. The molecule has 1 aromatic carbocycles. The highest BCUT2D eigenvalue weighted by atomic mass is 35.5. The van der Waals surface area contributed by atoms with Gasteiger partial charge in [-0.1, -0.05) is 28.4 Å². The molecule has 0 fully saturated rings. The predicted molar refractivity (Wildman–Crippen MR) is 72.3 cm³/mol. The van der Waals surface area contributed by atoms with E-state index in [1.165, 1.54) is 7.11 Å². The van der Waals surface area contributed by atoms with Crippen molar-refractivity contribution >= 4 is 29.2 Å². The van der Waals surface area contributed by atoms with Gasteiger partial charge >= 0.3 is 5.97 Å². The van der Waals surface area contributed by atoms with E-state index in [0.29, 0.717) is 27.8 Å². The lowest BCUT2D eigenvalue weighted by molar-refractivity contribution is -0.140. The molecule has 0 N–H and O–H groups in total. The van der Waals surface area contributed by atoms with Crippen molar-refractivity contribution in [2.75, 3.05) is 7.11 Å². The molecule has 0 aliphatic carbocycles. The zero-order valence-corrected chi connectivity index (χ0v) is 11.7. The van der Waals surface area contributed by atoms with Crippen LogP contribution in [0.15, 0.2) is 28.9 Å². The molecule has 0 unspecified atom stereocenters. The van der Waals surface area contributed by atoms with Gasteiger partial charge in [-0.2, -0.15) is 0 Å². The first-order valence-electron chi connectivity index (χ1n) is 5.57. The molecule has 0 saturated carbocycles. The molecule has 100 valence electrons. The number of aromatic nitrogens is 1. The number of rotatable bonds is 4. The molecule has 2 aromatic rings. The number of hydrogen-bond acceptors (Lipinski definition) is 4. The Balaban J connectivity index is 2.28. The van der Waals surface area contributed by atoms with Crippen molar-refractivity contribution in [2.24, 2.45) is 0 Å². The molecule has 0 atom stereocenters. The van der Waals surface area contributed by atoms with Crippen molar-refractivity contribution in [3.63, 3.8) is 0 Å². The number of methoxy groups -OCH3 is 1. The van der Waals surface area contributed by atoms with Crippen molar-refractivity contribution in [3.8, 4) is 11.3 Å². The highest BCUT2D eigenvalue weighted by molar-refractivity contribution is 6.35. The summed E-state index contributed by atoms with van der Waals surface area (Å²) < 4.78 is 9.81. The average Bonchev–Trinajstić information content (AvgIpc) is 2.87. The largest absolute Gasteiger partial charge is 0.469 e. The highest BCUT2D eigenvalue weighted by Crippen LogP contribution is 2.33. The van der Waals surface area contributed by atoms with Crippen LogP contribution in [0.25, 0.3) is 11.3 Å². The molecular weight excluding hydrogens is 289 g/mol. The molecule has 1 aromatic heterocycles. The van der Waals surface area contributed by atoms with Crippen molar-refractivity contribution < 1.29 is 14.1 Å². The minimum absolute atomic E-state index is 0.253. The van der Waals surface area contributed by atoms with Crippen LogP contribution in [0.2, 0.25) is 10.0 Å². The third kappa shape index (κ3) is 3.28. The standard InChI is InChI=1S/C13H11Cl2NO3/c1-18-12(17)5-2-8-7-16-19-13(8)10-6-9(14)3-4-11(10)15/h3-4,6-7H,2,5H2,1H3. The summed E-state index contributed by atoms with van der Waals surface area (Å²) in [5, 5.41) is 4.81. The zero-order valence-electron chi connectivity index (χ0n) is 10.2. The molecule has 2 rings (SSSR count). The van der Waals surface area contributed by atoms with E-state index in [1.54, 1.807) is 24.4 Å². The summed E-state index contributed by atoms with van der Waals surface area (Å²) in [5.74, 6) is 0.237. The first kappa shape index (κ1) is 13.9. The number of nitrogens with zero attached hydrogens (tertiary/aromatic N) is 1. The highest BCUT2D eigenvalue weighted by Gasteiger charge is 2.15. The van der Waals surface area contributed by atoms with Gasteiger partial charge in [-0.3, -0.25) is 4.79 Å². The van der Waals surface area contributed by atoms with Gasteiger partial charge in [0.05, 0.1) is 18.3 Å². The Hall–Kier alpha value is -1.52. The van der Waals surface area contributed by atoms with E-state index in [0.717, 1.165) is 5.56 Å². The van der Waals surface area contributed by atoms with Gasteiger partial charge in [0.1, 0.15) is 0 Å². The number of aryl methyl sites for hydroxylation is 1. The van der Waals surface area contributed by atoms with Crippen LogP contribution >= 0.6 is 23.2 Å². The fraction of sp³-hybridized carbons (Fsp3) is 0.231. The molecule has 6 heteroatoms.